The second-order valence-electron chi connectivity index (χ2n) is 1.49. The molecule has 0 heterocycles. The van der Waals surface area contributed by atoms with Crippen molar-refractivity contribution >= 4 is 27.3 Å². The molecule has 0 spiro atoms. The van der Waals surface area contributed by atoms with Gasteiger partial charge in [0.15, 0.2) is 0 Å². The quantitative estimate of drug-likeness (QED) is 0.497. The van der Waals surface area contributed by atoms with Gasteiger partial charge in [0.25, 0.3) is 0 Å². The fourth-order valence-corrected chi connectivity index (χ4v) is 0.186. The number of rotatable bonds is 0. The van der Waals surface area contributed by atoms with Crippen LogP contribution < -0.4 is 0 Å². The molecule has 0 aromatic rings. The molecule has 0 rings (SSSR count). The summed E-state index contributed by atoms with van der Waals surface area (Å²) in [5, 5.41) is 7.47. The Morgan fingerprint density at radius 3 is 1.00 bits per heavy atom. The van der Waals surface area contributed by atoms with Crippen LogP contribution >= 0.6 is 0 Å². The minimum Gasteiger partial charge on any atom is -0.377 e. The van der Waals surface area contributed by atoms with Gasteiger partial charge in [-0.3, -0.25) is 0 Å². The summed E-state index contributed by atoms with van der Waals surface area (Å²) in [6, 6.07) is 0. The number of hydrogen-bond donors (Lipinski definition) is 1. The molecule has 0 aliphatic heterocycles. The van der Waals surface area contributed by atoms with E-state index in [1.807, 2.05) is 0 Å². The van der Waals surface area contributed by atoms with E-state index in [0.29, 0.717) is 0 Å². The molecule has 0 aliphatic rings. The smallest absolute Gasteiger partial charge is 0.377 e. The van der Waals surface area contributed by atoms with Crippen LogP contribution in [0.1, 0.15) is 0 Å². The fraction of sp³-hybridized carbons (Fsp3) is 1.00. The summed E-state index contributed by atoms with van der Waals surface area (Å²) in [7, 11) is 0. The summed E-state index contributed by atoms with van der Waals surface area (Å²) in [4.78, 5) is 0. The summed E-state index contributed by atoms with van der Waals surface area (Å²) in [5.74, 6) is 0. The summed E-state index contributed by atoms with van der Waals surface area (Å²) >= 11 is 0. The second kappa shape index (κ2) is 3.92. The van der Waals surface area contributed by atoms with Crippen LogP contribution in [-0.2, 0) is 0 Å². The molecule has 66 valence electrons. The molecule has 1 nitrogen and oxygen atoms in total. The molecule has 0 atom stereocenters. The molecule has 0 unspecified atom stereocenters. The molecule has 0 aliphatic carbocycles. The van der Waals surface area contributed by atoms with Crippen LogP contribution in [-0.4, -0.2) is 50.9 Å². The van der Waals surface area contributed by atoms with E-state index in [1.54, 1.807) is 0 Å². The van der Waals surface area contributed by atoms with Crippen molar-refractivity contribution in [3.8, 4) is 0 Å². The van der Waals surface area contributed by atoms with Gasteiger partial charge in [-0.25, -0.2) is 0 Å². The minimum absolute atomic E-state index is 0. The van der Waals surface area contributed by atoms with Crippen LogP contribution in [0.15, 0.2) is 0 Å². The Morgan fingerprint density at radius 2 is 1.00 bits per heavy atom. The summed E-state index contributed by atoms with van der Waals surface area (Å²) in [5.41, 5.74) is 0. The normalized spacial score (nSPS) is 13.1. The third-order valence-electron chi connectivity index (χ3n) is 0.620. The van der Waals surface area contributed by atoms with E-state index in [-0.39, 0.29) is 27.3 Å². The van der Waals surface area contributed by atoms with Crippen molar-refractivity contribution in [1.29, 1.82) is 0 Å². The predicted molar refractivity (Wildman–Crippen MR) is 23.9 cm³/mol. The molecular formula is C3H2F6OPb. The van der Waals surface area contributed by atoms with Gasteiger partial charge in [0.05, 0.1) is 0 Å². The fourth-order valence-electron chi connectivity index (χ4n) is 0.186. The van der Waals surface area contributed by atoms with Crippen LogP contribution in [0.5, 0.6) is 0 Å². The molecular weight excluding hydrogens is 373 g/mol. The standard InChI is InChI=1S/C3H2F6O.Pb/c4-2(5,6)1(10)3(7,8)9;/h1,10H;. The molecule has 1 N–H and O–H groups in total. The monoisotopic (exact) mass is 376 g/mol. The van der Waals surface area contributed by atoms with Gasteiger partial charge in [-0.1, -0.05) is 0 Å². The molecule has 0 bridgehead atoms. The second-order valence-corrected chi connectivity index (χ2v) is 1.49. The first-order valence-electron chi connectivity index (χ1n) is 1.97. The van der Waals surface area contributed by atoms with Crippen molar-refractivity contribution in [3.05, 3.63) is 0 Å². The predicted octanol–water partition coefficient (Wildman–Crippen LogP) is 1.09. The molecule has 0 saturated carbocycles. The van der Waals surface area contributed by atoms with E-state index in [0.717, 1.165) is 0 Å². The maximum absolute atomic E-state index is 11.0. The van der Waals surface area contributed by atoms with Crippen molar-refractivity contribution in [2.24, 2.45) is 0 Å². The number of halogens is 6. The molecule has 0 saturated heterocycles. The number of aliphatic hydroxyl groups excluding tert-OH is 1. The number of hydrogen-bond acceptors (Lipinski definition) is 1. The van der Waals surface area contributed by atoms with Gasteiger partial charge in [-0.05, 0) is 0 Å². The van der Waals surface area contributed by atoms with Crippen LogP contribution in [0.3, 0.4) is 0 Å². The van der Waals surface area contributed by atoms with Gasteiger partial charge >= 0.3 is 12.4 Å². The average molecular weight is 375 g/mol. The molecule has 0 aromatic carbocycles. The molecule has 0 fully saturated rings. The van der Waals surface area contributed by atoms with E-state index < -0.39 is 18.5 Å². The van der Waals surface area contributed by atoms with E-state index in [4.69, 9.17) is 5.11 Å². The molecule has 4 radical (unpaired) electrons. The zero-order chi connectivity index (χ0) is 8.58. The topological polar surface area (TPSA) is 20.2 Å². The maximum Gasteiger partial charge on any atom is 0.423 e. The summed E-state index contributed by atoms with van der Waals surface area (Å²) in [6.07, 6.45) is -15.5. The Kier molecular flexibility index (Phi) is 4.99. The number of aliphatic hydroxyl groups is 1. The zero-order valence-electron chi connectivity index (χ0n) is 4.79. The van der Waals surface area contributed by atoms with Crippen LogP contribution in [0.25, 0.3) is 0 Å². The third kappa shape index (κ3) is 4.82. The van der Waals surface area contributed by atoms with Crippen molar-refractivity contribution in [2.75, 3.05) is 0 Å². The largest absolute Gasteiger partial charge is 0.423 e. The van der Waals surface area contributed by atoms with Gasteiger partial charge in [-0.2, -0.15) is 26.3 Å². The van der Waals surface area contributed by atoms with E-state index in [2.05, 4.69) is 0 Å². The minimum atomic E-state index is -5.63. The molecule has 0 aromatic heterocycles. The van der Waals surface area contributed by atoms with Gasteiger partial charge in [0.2, 0.25) is 6.10 Å². The van der Waals surface area contributed by atoms with Gasteiger partial charge in [0.1, 0.15) is 0 Å². The Morgan fingerprint density at radius 1 is 0.818 bits per heavy atom. The zero-order valence-corrected chi connectivity index (χ0v) is 8.68. The van der Waals surface area contributed by atoms with E-state index >= 15 is 0 Å². The van der Waals surface area contributed by atoms with Gasteiger partial charge in [0, 0.05) is 27.3 Å². The van der Waals surface area contributed by atoms with E-state index in [1.165, 1.54) is 0 Å². The van der Waals surface area contributed by atoms with Crippen molar-refractivity contribution < 1.29 is 31.4 Å². The SMILES string of the molecule is OC(C(F)(F)F)C(F)(F)F.[Pb]. The summed E-state index contributed by atoms with van der Waals surface area (Å²) < 4.78 is 65.9. The van der Waals surface area contributed by atoms with Gasteiger partial charge in [-0.15, -0.1) is 0 Å². The first kappa shape index (κ1) is 14.0. The van der Waals surface area contributed by atoms with Crippen molar-refractivity contribution in [3.63, 3.8) is 0 Å². The van der Waals surface area contributed by atoms with Crippen LogP contribution in [0, 0.1) is 0 Å². The molecule has 0 amide bonds. The third-order valence-corrected chi connectivity index (χ3v) is 0.620. The average Bonchev–Trinajstić information content (AvgIpc) is 1.59. The van der Waals surface area contributed by atoms with Gasteiger partial charge < -0.3 is 5.11 Å². The Labute approximate surface area is 77.5 Å². The first-order valence-corrected chi connectivity index (χ1v) is 1.97. The van der Waals surface area contributed by atoms with E-state index in [9.17, 15) is 26.3 Å². The Bertz CT molecular complexity index is 102. The Balaban J connectivity index is 0. The molecule has 8 heteroatoms. The number of alkyl halides is 6. The van der Waals surface area contributed by atoms with Crippen molar-refractivity contribution in [2.45, 2.75) is 18.5 Å². The first-order chi connectivity index (χ1) is 4.15. The van der Waals surface area contributed by atoms with Crippen molar-refractivity contribution in [1.82, 2.24) is 0 Å². The molecule has 11 heavy (non-hydrogen) atoms. The Hall–Kier alpha value is 0.462. The summed E-state index contributed by atoms with van der Waals surface area (Å²) in [6.45, 7) is 0. The van der Waals surface area contributed by atoms with Crippen LogP contribution in [0.2, 0.25) is 0 Å². The maximum atomic E-state index is 11.0. The van der Waals surface area contributed by atoms with Crippen LogP contribution in [0.4, 0.5) is 26.3 Å².